The Morgan fingerprint density at radius 2 is 1.71 bits per heavy atom. The highest BCUT2D eigenvalue weighted by molar-refractivity contribution is 9.10. The van der Waals surface area contributed by atoms with E-state index >= 15 is 0 Å². The number of carbonyl (C=O) groups excluding carboxylic acids is 3. The third-order valence-corrected chi connectivity index (χ3v) is 7.51. The van der Waals surface area contributed by atoms with Gasteiger partial charge in [-0.1, -0.05) is 54.1 Å². The molecule has 0 radical (unpaired) electrons. The van der Waals surface area contributed by atoms with Crippen molar-refractivity contribution in [2.45, 2.75) is 0 Å². The third kappa shape index (κ3) is 5.78. The first-order chi connectivity index (χ1) is 18.4. The van der Waals surface area contributed by atoms with E-state index in [1.54, 1.807) is 48.5 Å². The minimum Gasteiger partial charge on any atom is -0.491 e. The summed E-state index contributed by atoms with van der Waals surface area (Å²) >= 11 is 10.2. The minimum absolute atomic E-state index is 0.133. The van der Waals surface area contributed by atoms with Crippen molar-refractivity contribution in [1.29, 1.82) is 0 Å². The lowest BCUT2D eigenvalue weighted by molar-refractivity contribution is -0.123. The van der Waals surface area contributed by atoms with Gasteiger partial charge >= 0.3 is 5.97 Å². The van der Waals surface area contributed by atoms with E-state index in [9.17, 15) is 14.4 Å². The van der Waals surface area contributed by atoms with E-state index in [1.807, 2.05) is 42.5 Å². The Bertz CT molecular complexity index is 1580. The highest BCUT2D eigenvalue weighted by atomic mass is 79.9. The fourth-order valence-electron chi connectivity index (χ4n) is 3.85. The SMILES string of the molecule is O=C(Oc1ccc(/C=C2\SC(=O)N(CCOc3cccc4ccccc34)C2=O)cc1Br)c1ccc(Cl)cc1. The number of benzene rings is 4. The zero-order chi connectivity index (χ0) is 26.6. The molecule has 0 bridgehead atoms. The molecule has 0 aliphatic carbocycles. The van der Waals surface area contributed by atoms with E-state index in [1.165, 1.54) is 4.90 Å². The summed E-state index contributed by atoms with van der Waals surface area (Å²) in [5.74, 6) is 0.117. The fraction of sp³-hybridized carbons (Fsp3) is 0.0690. The number of esters is 1. The maximum absolute atomic E-state index is 12.9. The summed E-state index contributed by atoms with van der Waals surface area (Å²) in [6.45, 7) is 0.313. The summed E-state index contributed by atoms with van der Waals surface area (Å²) in [4.78, 5) is 39.3. The quantitative estimate of drug-likeness (QED) is 0.122. The number of rotatable bonds is 7. The molecule has 0 spiro atoms. The number of halogens is 2. The van der Waals surface area contributed by atoms with Crippen molar-refractivity contribution < 1.29 is 23.9 Å². The first-order valence-electron chi connectivity index (χ1n) is 11.5. The largest absolute Gasteiger partial charge is 0.491 e. The van der Waals surface area contributed by atoms with E-state index in [4.69, 9.17) is 21.1 Å². The van der Waals surface area contributed by atoms with E-state index in [-0.39, 0.29) is 24.3 Å². The average molecular weight is 609 g/mol. The summed E-state index contributed by atoms with van der Waals surface area (Å²) < 4.78 is 11.9. The van der Waals surface area contributed by atoms with Gasteiger partial charge in [0.1, 0.15) is 18.1 Å². The molecule has 0 unspecified atom stereocenters. The molecule has 6 nitrogen and oxygen atoms in total. The maximum Gasteiger partial charge on any atom is 0.343 e. The van der Waals surface area contributed by atoms with Crippen molar-refractivity contribution >= 4 is 73.3 Å². The average Bonchev–Trinajstić information content (AvgIpc) is 3.18. The first kappa shape index (κ1) is 26.0. The molecule has 38 heavy (non-hydrogen) atoms. The molecule has 9 heteroatoms. The number of nitrogens with zero attached hydrogens (tertiary/aromatic N) is 1. The van der Waals surface area contributed by atoms with Crippen LogP contribution in [0, 0.1) is 0 Å². The Labute approximate surface area is 236 Å². The molecule has 4 aromatic carbocycles. The van der Waals surface area contributed by atoms with E-state index < -0.39 is 5.97 Å². The van der Waals surface area contributed by atoms with Crippen LogP contribution in [-0.4, -0.2) is 35.2 Å². The number of hydrogen-bond acceptors (Lipinski definition) is 6. The van der Waals surface area contributed by atoms with Crippen molar-refractivity contribution in [2.24, 2.45) is 0 Å². The monoisotopic (exact) mass is 607 g/mol. The lowest BCUT2D eigenvalue weighted by Crippen LogP contribution is -2.32. The molecule has 4 aromatic rings. The molecular formula is C29H19BrClNO5S. The van der Waals surface area contributed by atoms with E-state index in [0.717, 1.165) is 22.5 Å². The molecule has 1 fully saturated rings. The summed E-state index contributed by atoms with van der Waals surface area (Å²) in [7, 11) is 0. The fourth-order valence-corrected chi connectivity index (χ4v) is 5.32. The molecule has 1 saturated heterocycles. The smallest absolute Gasteiger partial charge is 0.343 e. The molecule has 0 saturated carbocycles. The number of hydrogen-bond donors (Lipinski definition) is 0. The molecule has 1 heterocycles. The predicted octanol–water partition coefficient (Wildman–Crippen LogP) is 7.59. The Morgan fingerprint density at radius 1 is 0.947 bits per heavy atom. The van der Waals surface area contributed by atoms with Gasteiger partial charge in [-0.3, -0.25) is 14.5 Å². The Morgan fingerprint density at radius 3 is 2.50 bits per heavy atom. The highest BCUT2D eigenvalue weighted by Gasteiger charge is 2.34. The number of thioether (sulfide) groups is 1. The van der Waals surface area contributed by atoms with E-state index in [2.05, 4.69) is 15.9 Å². The van der Waals surface area contributed by atoms with Gasteiger partial charge < -0.3 is 9.47 Å². The molecule has 190 valence electrons. The standard InChI is InChI=1S/C29H19BrClNO5S/c30-23-16-18(8-13-25(23)37-28(34)20-9-11-21(31)12-10-20)17-26-27(33)32(29(35)38-26)14-15-36-24-7-3-5-19-4-1-2-6-22(19)24/h1-13,16-17H,14-15H2/b26-17-. The number of fused-ring (bicyclic) bond motifs is 1. The Balaban J connectivity index is 1.22. The molecule has 0 aromatic heterocycles. The van der Waals surface area contributed by atoms with Crippen LogP contribution >= 0.6 is 39.3 Å². The van der Waals surface area contributed by atoms with Crippen LogP contribution in [0.4, 0.5) is 4.79 Å². The molecule has 0 atom stereocenters. The van der Waals surface area contributed by atoms with Crippen molar-refractivity contribution in [3.05, 3.63) is 110 Å². The van der Waals surface area contributed by atoms with Crippen LogP contribution in [0.5, 0.6) is 11.5 Å². The molecule has 1 aliphatic heterocycles. The Kier molecular flexibility index (Phi) is 7.83. The van der Waals surface area contributed by atoms with Gasteiger partial charge in [0.15, 0.2) is 0 Å². The van der Waals surface area contributed by atoms with Crippen LogP contribution in [0.25, 0.3) is 16.8 Å². The summed E-state index contributed by atoms with van der Waals surface area (Å²) in [6, 6.07) is 25.0. The highest BCUT2D eigenvalue weighted by Crippen LogP contribution is 2.34. The van der Waals surface area contributed by atoms with Crippen LogP contribution < -0.4 is 9.47 Å². The maximum atomic E-state index is 12.9. The van der Waals surface area contributed by atoms with Crippen molar-refractivity contribution in [2.75, 3.05) is 13.2 Å². The van der Waals surface area contributed by atoms with Gasteiger partial charge in [0.25, 0.3) is 11.1 Å². The van der Waals surface area contributed by atoms with Crippen LogP contribution in [0.3, 0.4) is 0 Å². The van der Waals surface area contributed by atoms with Crippen LogP contribution in [0.2, 0.25) is 5.02 Å². The second-order valence-electron chi connectivity index (χ2n) is 8.25. The lowest BCUT2D eigenvalue weighted by Gasteiger charge is -2.14. The summed E-state index contributed by atoms with van der Waals surface area (Å²) in [6.07, 6.45) is 1.63. The molecule has 1 aliphatic rings. The number of ether oxygens (including phenoxy) is 2. The number of carbonyl (C=O) groups is 3. The third-order valence-electron chi connectivity index (χ3n) is 5.73. The molecule has 5 rings (SSSR count). The van der Waals surface area contributed by atoms with Gasteiger partial charge in [0.05, 0.1) is 21.5 Å². The van der Waals surface area contributed by atoms with Crippen molar-refractivity contribution in [1.82, 2.24) is 4.90 Å². The topological polar surface area (TPSA) is 72.9 Å². The van der Waals surface area contributed by atoms with Crippen molar-refractivity contribution in [3.63, 3.8) is 0 Å². The predicted molar refractivity (Wildman–Crippen MR) is 153 cm³/mol. The zero-order valence-electron chi connectivity index (χ0n) is 19.7. The summed E-state index contributed by atoms with van der Waals surface area (Å²) in [5, 5.41) is 2.19. The minimum atomic E-state index is -0.526. The second kappa shape index (κ2) is 11.4. The summed E-state index contributed by atoms with van der Waals surface area (Å²) in [5.41, 5.74) is 1.03. The van der Waals surface area contributed by atoms with Gasteiger partial charge in [-0.05, 0) is 87.2 Å². The van der Waals surface area contributed by atoms with Crippen LogP contribution in [0.15, 0.2) is 94.3 Å². The lowest BCUT2D eigenvalue weighted by atomic mass is 10.1. The molecular weight excluding hydrogens is 590 g/mol. The van der Waals surface area contributed by atoms with Crippen LogP contribution in [-0.2, 0) is 4.79 Å². The zero-order valence-corrected chi connectivity index (χ0v) is 22.9. The number of imide groups is 1. The number of amides is 2. The van der Waals surface area contributed by atoms with Gasteiger partial charge in [0, 0.05) is 10.4 Å². The second-order valence-corrected chi connectivity index (χ2v) is 10.5. The first-order valence-corrected chi connectivity index (χ1v) is 13.5. The van der Waals surface area contributed by atoms with Gasteiger partial charge in [-0.15, -0.1) is 0 Å². The normalized spacial score (nSPS) is 14.4. The van der Waals surface area contributed by atoms with E-state index in [0.29, 0.717) is 37.0 Å². The van der Waals surface area contributed by atoms with Gasteiger partial charge in [0.2, 0.25) is 0 Å². The molecule has 0 N–H and O–H groups in total. The van der Waals surface area contributed by atoms with Gasteiger partial charge in [-0.25, -0.2) is 4.79 Å². The Hall–Kier alpha value is -3.59. The van der Waals surface area contributed by atoms with Crippen LogP contribution in [0.1, 0.15) is 15.9 Å². The molecule has 2 amide bonds. The van der Waals surface area contributed by atoms with Gasteiger partial charge in [-0.2, -0.15) is 0 Å². The van der Waals surface area contributed by atoms with Crippen molar-refractivity contribution in [3.8, 4) is 11.5 Å².